The summed E-state index contributed by atoms with van der Waals surface area (Å²) in [4.78, 5) is 0. The van der Waals surface area contributed by atoms with Crippen LogP contribution >= 0.6 is 0 Å². The highest BCUT2D eigenvalue weighted by molar-refractivity contribution is 5.09. The van der Waals surface area contributed by atoms with Crippen LogP contribution in [0.25, 0.3) is 0 Å². The van der Waals surface area contributed by atoms with Crippen molar-refractivity contribution in [2.45, 2.75) is 110 Å². The Hall–Kier alpha value is -0.720. The molecule has 3 aliphatic rings. The molecule has 1 heterocycles. The van der Waals surface area contributed by atoms with E-state index in [1.807, 2.05) is 0 Å². The minimum atomic E-state index is 0.496. The van der Waals surface area contributed by atoms with Gasteiger partial charge in [0.25, 0.3) is 0 Å². The quantitative estimate of drug-likeness (QED) is 0.421. The molecule has 1 nitrogen and oxygen atoms in total. The summed E-state index contributed by atoms with van der Waals surface area (Å²) in [5, 5.41) is 0. The van der Waals surface area contributed by atoms with E-state index in [2.05, 4.69) is 32.3 Å². The second-order valence-corrected chi connectivity index (χ2v) is 9.34. The van der Waals surface area contributed by atoms with Crippen LogP contribution in [0.2, 0.25) is 0 Å². The summed E-state index contributed by atoms with van der Waals surface area (Å²) >= 11 is 0. The Morgan fingerprint density at radius 2 is 1.42 bits per heavy atom. The van der Waals surface area contributed by atoms with E-state index in [-0.39, 0.29) is 0 Å². The third-order valence-corrected chi connectivity index (χ3v) is 7.32. The van der Waals surface area contributed by atoms with Crippen molar-refractivity contribution in [2.24, 2.45) is 23.7 Å². The van der Waals surface area contributed by atoms with Crippen LogP contribution in [0, 0.1) is 23.7 Å². The molecule has 1 atom stereocenters. The maximum absolute atomic E-state index is 5.99. The minimum Gasteiger partial charge on any atom is -0.498 e. The first-order chi connectivity index (χ1) is 12.8. The molecule has 2 aliphatic carbocycles. The molecule has 0 spiro atoms. The van der Waals surface area contributed by atoms with Gasteiger partial charge in [-0.3, -0.25) is 0 Å². The highest BCUT2D eigenvalue weighted by Crippen LogP contribution is 2.38. The van der Waals surface area contributed by atoms with Gasteiger partial charge in [-0.2, -0.15) is 0 Å². The molecule has 0 aromatic rings. The number of hydrogen-bond acceptors (Lipinski definition) is 1. The Balaban J connectivity index is 1.36. The van der Waals surface area contributed by atoms with Crippen LogP contribution in [0.1, 0.15) is 104 Å². The molecule has 0 aromatic heterocycles. The van der Waals surface area contributed by atoms with E-state index >= 15 is 0 Å². The molecular formula is C25H42O. The van der Waals surface area contributed by atoms with E-state index in [1.165, 1.54) is 89.9 Å². The first-order valence-corrected chi connectivity index (χ1v) is 11.8. The van der Waals surface area contributed by atoms with Gasteiger partial charge in [0.15, 0.2) is 0 Å². The average Bonchev–Trinajstić information content (AvgIpc) is 2.69. The molecule has 0 amide bonds. The molecule has 1 unspecified atom stereocenters. The Kier molecular flexibility index (Phi) is 8.14. The summed E-state index contributed by atoms with van der Waals surface area (Å²) in [6.07, 6.45) is 27.1. The molecule has 0 bridgehead atoms. The van der Waals surface area contributed by atoms with E-state index in [9.17, 15) is 0 Å². The van der Waals surface area contributed by atoms with Gasteiger partial charge in [0.2, 0.25) is 0 Å². The zero-order chi connectivity index (χ0) is 18.2. The predicted molar refractivity (Wildman–Crippen MR) is 112 cm³/mol. The normalized spacial score (nSPS) is 35.9. The van der Waals surface area contributed by atoms with Crippen LogP contribution in [-0.4, -0.2) is 6.10 Å². The lowest BCUT2D eigenvalue weighted by atomic mass is 9.76. The highest BCUT2D eigenvalue weighted by Gasteiger charge is 2.26. The average molecular weight is 359 g/mol. The summed E-state index contributed by atoms with van der Waals surface area (Å²) in [5.41, 5.74) is 1.62. The lowest BCUT2D eigenvalue weighted by Gasteiger charge is -2.32. The van der Waals surface area contributed by atoms with Gasteiger partial charge in [0.05, 0.1) is 12.4 Å². The van der Waals surface area contributed by atoms with E-state index in [4.69, 9.17) is 4.74 Å². The van der Waals surface area contributed by atoms with Gasteiger partial charge in [-0.15, -0.1) is 0 Å². The van der Waals surface area contributed by atoms with Crippen LogP contribution < -0.4 is 0 Å². The first-order valence-electron chi connectivity index (χ1n) is 11.8. The van der Waals surface area contributed by atoms with Crippen molar-refractivity contribution in [1.82, 2.24) is 0 Å². The fraction of sp³-hybridized carbons (Fsp3) is 0.840. The molecule has 148 valence electrons. The second kappa shape index (κ2) is 10.6. The topological polar surface area (TPSA) is 9.23 Å². The third-order valence-electron chi connectivity index (χ3n) is 7.32. The van der Waals surface area contributed by atoms with Crippen molar-refractivity contribution >= 4 is 0 Å². The maximum Gasteiger partial charge on any atom is 0.0981 e. The first kappa shape index (κ1) is 20.0. The smallest absolute Gasteiger partial charge is 0.0981 e. The SMILES string of the molecule is CCCC1CCC(/C=C/C2CCC(C3=COC(CCC)CC3)CC2)CC1. The summed E-state index contributed by atoms with van der Waals surface area (Å²) in [6, 6.07) is 0. The summed E-state index contributed by atoms with van der Waals surface area (Å²) in [7, 11) is 0. The number of hydrogen-bond donors (Lipinski definition) is 0. The second-order valence-electron chi connectivity index (χ2n) is 9.34. The standard InChI is InChI=1S/C25H42O/c1-3-5-20-7-9-21(10-8-20)11-12-22-13-15-23(16-14-22)24-17-18-25(6-4-2)26-19-24/h11-12,19-23,25H,3-10,13-18H2,1-2H3/b12-11+. The Morgan fingerprint density at radius 1 is 0.808 bits per heavy atom. The van der Waals surface area contributed by atoms with Gasteiger partial charge in [0.1, 0.15) is 0 Å². The van der Waals surface area contributed by atoms with Crippen molar-refractivity contribution in [3.63, 3.8) is 0 Å². The van der Waals surface area contributed by atoms with Gasteiger partial charge in [-0.1, -0.05) is 45.3 Å². The third kappa shape index (κ3) is 5.89. The molecule has 0 saturated heterocycles. The Morgan fingerprint density at radius 3 is 1.96 bits per heavy atom. The molecule has 26 heavy (non-hydrogen) atoms. The van der Waals surface area contributed by atoms with Crippen LogP contribution in [0.3, 0.4) is 0 Å². The minimum absolute atomic E-state index is 0.496. The highest BCUT2D eigenvalue weighted by atomic mass is 16.5. The monoisotopic (exact) mass is 358 g/mol. The molecular weight excluding hydrogens is 316 g/mol. The molecule has 2 fully saturated rings. The lowest BCUT2D eigenvalue weighted by Crippen LogP contribution is -2.21. The molecule has 0 N–H and O–H groups in total. The van der Waals surface area contributed by atoms with Gasteiger partial charge < -0.3 is 4.74 Å². The van der Waals surface area contributed by atoms with Crippen LogP contribution in [-0.2, 0) is 4.74 Å². The van der Waals surface area contributed by atoms with Gasteiger partial charge in [0, 0.05) is 0 Å². The van der Waals surface area contributed by atoms with Crippen molar-refractivity contribution in [3.8, 4) is 0 Å². The Bertz CT molecular complexity index is 447. The van der Waals surface area contributed by atoms with Crippen molar-refractivity contribution in [3.05, 3.63) is 24.0 Å². The van der Waals surface area contributed by atoms with Gasteiger partial charge in [-0.25, -0.2) is 0 Å². The zero-order valence-electron chi connectivity index (χ0n) is 17.4. The fourth-order valence-corrected chi connectivity index (χ4v) is 5.55. The van der Waals surface area contributed by atoms with E-state index in [1.54, 1.807) is 5.57 Å². The van der Waals surface area contributed by atoms with Crippen molar-refractivity contribution in [2.75, 3.05) is 0 Å². The Labute approximate surface area is 162 Å². The number of rotatable bonds is 7. The van der Waals surface area contributed by atoms with Crippen molar-refractivity contribution in [1.29, 1.82) is 0 Å². The molecule has 0 radical (unpaired) electrons. The molecule has 1 aliphatic heterocycles. The van der Waals surface area contributed by atoms with Crippen LogP contribution in [0.15, 0.2) is 24.0 Å². The predicted octanol–water partition coefficient (Wildman–Crippen LogP) is 7.82. The summed E-state index contributed by atoms with van der Waals surface area (Å²) in [5.74, 6) is 3.57. The van der Waals surface area contributed by atoms with Crippen LogP contribution in [0.4, 0.5) is 0 Å². The molecule has 1 heteroatoms. The number of ether oxygens (including phenoxy) is 1. The largest absolute Gasteiger partial charge is 0.498 e. The number of allylic oxidation sites excluding steroid dienone is 3. The summed E-state index contributed by atoms with van der Waals surface area (Å²) < 4.78 is 5.99. The fourth-order valence-electron chi connectivity index (χ4n) is 5.55. The van der Waals surface area contributed by atoms with E-state index in [0.717, 1.165) is 23.7 Å². The van der Waals surface area contributed by atoms with Crippen LogP contribution in [0.5, 0.6) is 0 Å². The van der Waals surface area contributed by atoms with Crippen molar-refractivity contribution < 1.29 is 4.74 Å². The van der Waals surface area contributed by atoms with Gasteiger partial charge in [-0.05, 0) is 99.9 Å². The molecule has 2 saturated carbocycles. The van der Waals surface area contributed by atoms with E-state index < -0.39 is 0 Å². The molecule has 3 rings (SSSR count). The lowest BCUT2D eigenvalue weighted by molar-refractivity contribution is 0.104. The van der Waals surface area contributed by atoms with Gasteiger partial charge >= 0.3 is 0 Å². The summed E-state index contributed by atoms with van der Waals surface area (Å²) in [6.45, 7) is 4.59. The zero-order valence-corrected chi connectivity index (χ0v) is 17.4. The molecule has 0 aromatic carbocycles. The van der Waals surface area contributed by atoms with E-state index in [0.29, 0.717) is 6.10 Å². The maximum atomic E-state index is 5.99.